The fraction of sp³-hybridized carbons (Fsp3) is 0.269. The van der Waals surface area contributed by atoms with Crippen molar-refractivity contribution in [3.05, 3.63) is 83.4 Å². The van der Waals surface area contributed by atoms with Crippen molar-refractivity contribution in [1.82, 2.24) is 9.88 Å². The molecule has 1 aromatic heterocycles. The minimum Gasteiger partial charge on any atom is -0.330 e. The monoisotopic (exact) mass is 431 g/mol. The first-order chi connectivity index (χ1) is 15.4. The summed E-state index contributed by atoms with van der Waals surface area (Å²) in [5.74, 6) is -0.466. The van der Waals surface area contributed by atoms with Gasteiger partial charge in [0.05, 0.1) is 11.7 Å². The van der Waals surface area contributed by atoms with E-state index in [4.69, 9.17) is 4.98 Å². The van der Waals surface area contributed by atoms with E-state index in [-0.39, 0.29) is 23.7 Å². The van der Waals surface area contributed by atoms with Crippen LogP contribution in [0.15, 0.2) is 60.7 Å². The third kappa shape index (κ3) is 4.85. The SMILES string of the molecule is CC(=O)Nc1ccc(C(=O)N2CCCC[C@@H]2c2cc(-c3ccc(F)cc3)cc(C)n2)cc1. The molecule has 0 saturated carbocycles. The van der Waals surface area contributed by atoms with E-state index in [0.29, 0.717) is 17.8 Å². The van der Waals surface area contributed by atoms with E-state index in [0.717, 1.165) is 41.8 Å². The number of nitrogens with one attached hydrogen (secondary N) is 1. The second-order valence-corrected chi connectivity index (χ2v) is 8.20. The zero-order chi connectivity index (χ0) is 22.7. The lowest BCUT2D eigenvalue weighted by Gasteiger charge is -2.36. The van der Waals surface area contributed by atoms with Crippen LogP contribution in [0.4, 0.5) is 10.1 Å². The summed E-state index contributed by atoms with van der Waals surface area (Å²) in [6.07, 6.45) is 2.81. The van der Waals surface area contributed by atoms with Crippen LogP contribution in [-0.4, -0.2) is 28.2 Å². The normalized spacial score (nSPS) is 16.0. The van der Waals surface area contributed by atoms with E-state index in [2.05, 4.69) is 5.32 Å². The zero-order valence-electron chi connectivity index (χ0n) is 18.3. The van der Waals surface area contributed by atoms with E-state index < -0.39 is 0 Å². The van der Waals surface area contributed by atoms with Gasteiger partial charge in [0.25, 0.3) is 5.91 Å². The first-order valence-corrected chi connectivity index (χ1v) is 10.8. The molecule has 5 nitrogen and oxygen atoms in total. The quantitative estimate of drug-likeness (QED) is 0.591. The fourth-order valence-electron chi connectivity index (χ4n) is 4.22. The number of pyridine rings is 1. The van der Waals surface area contributed by atoms with Crippen molar-refractivity contribution >= 4 is 17.5 Å². The van der Waals surface area contributed by atoms with Gasteiger partial charge in [0.15, 0.2) is 0 Å². The molecular formula is C26H26FN3O2. The molecule has 3 aromatic rings. The summed E-state index contributed by atoms with van der Waals surface area (Å²) in [5.41, 5.74) is 4.84. The van der Waals surface area contributed by atoms with Gasteiger partial charge in [0.1, 0.15) is 5.82 Å². The zero-order valence-corrected chi connectivity index (χ0v) is 18.3. The van der Waals surface area contributed by atoms with Crippen molar-refractivity contribution < 1.29 is 14.0 Å². The predicted octanol–water partition coefficient (Wildman–Crippen LogP) is 5.52. The lowest BCUT2D eigenvalue weighted by Crippen LogP contribution is -2.39. The highest BCUT2D eigenvalue weighted by Gasteiger charge is 2.30. The average Bonchev–Trinajstić information content (AvgIpc) is 2.79. The van der Waals surface area contributed by atoms with E-state index in [1.54, 1.807) is 36.4 Å². The molecule has 1 fully saturated rings. The van der Waals surface area contributed by atoms with Gasteiger partial charge in [-0.3, -0.25) is 14.6 Å². The molecule has 0 radical (unpaired) electrons. The number of likely N-dealkylation sites (tertiary alicyclic amines) is 1. The lowest BCUT2D eigenvalue weighted by atomic mass is 9.95. The van der Waals surface area contributed by atoms with Gasteiger partial charge in [0, 0.05) is 30.4 Å². The minimum absolute atomic E-state index is 0.0456. The number of hydrogen-bond acceptors (Lipinski definition) is 3. The summed E-state index contributed by atoms with van der Waals surface area (Å²) in [4.78, 5) is 31.3. The Bertz CT molecular complexity index is 1130. The molecule has 0 aliphatic carbocycles. The molecule has 2 amide bonds. The van der Waals surface area contributed by atoms with Gasteiger partial charge in [-0.2, -0.15) is 0 Å². The number of carbonyl (C=O) groups is 2. The second kappa shape index (κ2) is 9.30. The van der Waals surface area contributed by atoms with Gasteiger partial charge < -0.3 is 10.2 Å². The van der Waals surface area contributed by atoms with Crippen LogP contribution >= 0.6 is 0 Å². The van der Waals surface area contributed by atoms with Gasteiger partial charge in [-0.15, -0.1) is 0 Å². The second-order valence-electron chi connectivity index (χ2n) is 8.20. The molecule has 6 heteroatoms. The summed E-state index contributed by atoms with van der Waals surface area (Å²) in [5, 5.41) is 2.72. The Kier molecular flexibility index (Phi) is 6.30. The topological polar surface area (TPSA) is 62.3 Å². The largest absolute Gasteiger partial charge is 0.330 e. The van der Waals surface area contributed by atoms with Gasteiger partial charge in [-0.05, 0) is 85.8 Å². The lowest BCUT2D eigenvalue weighted by molar-refractivity contribution is -0.114. The van der Waals surface area contributed by atoms with E-state index >= 15 is 0 Å². The van der Waals surface area contributed by atoms with E-state index in [1.807, 2.05) is 24.0 Å². The molecular weight excluding hydrogens is 405 g/mol. The van der Waals surface area contributed by atoms with Crippen LogP contribution in [0.3, 0.4) is 0 Å². The molecule has 2 aromatic carbocycles. The number of rotatable bonds is 4. The van der Waals surface area contributed by atoms with Crippen molar-refractivity contribution in [3.8, 4) is 11.1 Å². The smallest absolute Gasteiger partial charge is 0.254 e. The molecule has 1 atom stereocenters. The van der Waals surface area contributed by atoms with Crippen LogP contribution in [-0.2, 0) is 4.79 Å². The number of carbonyl (C=O) groups excluding carboxylic acids is 2. The average molecular weight is 432 g/mol. The maximum absolute atomic E-state index is 13.4. The Morgan fingerprint density at radius 1 is 1.00 bits per heavy atom. The number of hydrogen-bond donors (Lipinski definition) is 1. The number of piperidine rings is 1. The number of benzene rings is 2. The molecule has 1 N–H and O–H groups in total. The molecule has 0 spiro atoms. The number of anilines is 1. The van der Waals surface area contributed by atoms with Crippen LogP contribution in [0.25, 0.3) is 11.1 Å². The summed E-state index contributed by atoms with van der Waals surface area (Å²) >= 11 is 0. The Morgan fingerprint density at radius 3 is 2.41 bits per heavy atom. The summed E-state index contributed by atoms with van der Waals surface area (Å²) in [7, 11) is 0. The Morgan fingerprint density at radius 2 is 1.72 bits per heavy atom. The first-order valence-electron chi connectivity index (χ1n) is 10.8. The molecule has 1 saturated heterocycles. The Balaban J connectivity index is 1.63. The highest BCUT2D eigenvalue weighted by atomic mass is 19.1. The molecule has 2 heterocycles. The molecule has 1 aliphatic rings. The molecule has 4 rings (SSSR count). The van der Waals surface area contributed by atoms with Crippen molar-refractivity contribution in [2.75, 3.05) is 11.9 Å². The van der Waals surface area contributed by atoms with Gasteiger partial charge in [-0.1, -0.05) is 12.1 Å². The maximum atomic E-state index is 13.4. The number of nitrogens with zero attached hydrogens (tertiary/aromatic N) is 2. The van der Waals surface area contributed by atoms with Crippen molar-refractivity contribution in [3.63, 3.8) is 0 Å². The van der Waals surface area contributed by atoms with Crippen molar-refractivity contribution in [2.45, 2.75) is 39.2 Å². The molecule has 1 aliphatic heterocycles. The third-order valence-corrected chi connectivity index (χ3v) is 5.71. The van der Waals surface area contributed by atoms with Gasteiger partial charge in [0.2, 0.25) is 5.91 Å². The number of aryl methyl sites for hydroxylation is 1. The fourth-order valence-corrected chi connectivity index (χ4v) is 4.22. The first kappa shape index (κ1) is 21.7. The van der Waals surface area contributed by atoms with Crippen LogP contribution < -0.4 is 5.32 Å². The molecule has 32 heavy (non-hydrogen) atoms. The highest BCUT2D eigenvalue weighted by molar-refractivity contribution is 5.95. The Labute approximate surface area is 187 Å². The molecule has 164 valence electrons. The summed E-state index contributed by atoms with van der Waals surface area (Å²) in [6, 6.07) is 17.3. The number of amides is 2. The van der Waals surface area contributed by atoms with Crippen molar-refractivity contribution in [1.29, 1.82) is 0 Å². The van der Waals surface area contributed by atoms with Crippen LogP contribution in [0.5, 0.6) is 0 Å². The molecule has 0 bridgehead atoms. The number of halogens is 1. The predicted molar refractivity (Wildman–Crippen MR) is 123 cm³/mol. The minimum atomic E-state index is -0.270. The van der Waals surface area contributed by atoms with Crippen molar-refractivity contribution in [2.24, 2.45) is 0 Å². The summed E-state index contributed by atoms with van der Waals surface area (Å²) < 4.78 is 13.4. The van der Waals surface area contributed by atoms with Crippen LogP contribution in [0.2, 0.25) is 0 Å². The third-order valence-electron chi connectivity index (χ3n) is 5.71. The van der Waals surface area contributed by atoms with E-state index in [1.165, 1.54) is 19.1 Å². The standard InChI is InChI=1S/C26H26FN3O2/c1-17-15-21(19-6-10-22(27)11-7-19)16-24(28-17)25-5-3-4-14-30(25)26(32)20-8-12-23(13-9-20)29-18(2)31/h6-13,15-16,25H,3-5,14H2,1-2H3,(H,29,31)/t25-/m1/s1. The highest BCUT2D eigenvalue weighted by Crippen LogP contribution is 2.33. The number of aromatic nitrogens is 1. The molecule has 0 unspecified atom stereocenters. The van der Waals surface area contributed by atoms with Gasteiger partial charge >= 0.3 is 0 Å². The Hall–Kier alpha value is -3.54. The summed E-state index contributed by atoms with van der Waals surface area (Å²) in [6.45, 7) is 4.05. The maximum Gasteiger partial charge on any atom is 0.254 e. The van der Waals surface area contributed by atoms with Crippen LogP contribution in [0.1, 0.15) is 54.0 Å². The van der Waals surface area contributed by atoms with E-state index in [9.17, 15) is 14.0 Å². The van der Waals surface area contributed by atoms with Gasteiger partial charge in [-0.25, -0.2) is 4.39 Å². The van der Waals surface area contributed by atoms with Crippen LogP contribution in [0, 0.1) is 12.7 Å².